The van der Waals surface area contributed by atoms with Gasteiger partial charge in [0.05, 0.1) is 11.1 Å². The maximum atomic E-state index is 6.19. The Kier molecular flexibility index (Phi) is 3.99. The molecule has 3 rings (SSSR count). The van der Waals surface area contributed by atoms with Gasteiger partial charge in [-0.25, -0.2) is 4.98 Å². The highest BCUT2D eigenvalue weighted by Crippen LogP contribution is 2.25. The summed E-state index contributed by atoms with van der Waals surface area (Å²) in [6.07, 6.45) is 0.706. The smallest absolute Gasteiger partial charge is 0.182 e. The first-order valence-corrected chi connectivity index (χ1v) is 7.08. The van der Waals surface area contributed by atoms with E-state index in [1.165, 1.54) is 5.56 Å². The molecule has 3 aromatic rings. The van der Waals surface area contributed by atoms with Crippen LogP contribution < -0.4 is 5.73 Å². The molecule has 0 saturated heterocycles. The molecule has 21 heavy (non-hydrogen) atoms. The zero-order chi connectivity index (χ0) is 14.7. The Balaban J connectivity index is 1.80. The maximum Gasteiger partial charge on any atom is 0.182 e. The van der Waals surface area contributed by atoms with Crippen LogP contribution in [0, 0.1) is 0 Å². The van der Waals surface area contributed by atoms with Crippen molar-refractivity contribution in [3.63, 3.8) is 0 Å². The van der Waals surface area contributed by atoms with Crippen LogP contribution in [-0.4, -0.2) is 15.2 Å². The van der Waals surface area contributed by atoms with Crippen molar-refractivity contribution < 1.29 is 0 Å². The summed E-state index contributed by atoms with van der Waals surface area (Å²) in [6, 6.07) is 17.3. The molecule has 0 fully saturated rings. The van der Waals surface area contributed by atoms with Crippen molar-refractivity contribution in [2.75, 3.05) is 0 Å². The quantitative estimate of drug-likeness (QED) is 0.776. The molecule has 2 aromatic carbocycles. The highest BCUT2D eigenvalue weighted by atomic mass is 35.5. The molecule has 3 N–H and O–H groups in total. The Labute approximate surface area is 128 Å². The number of halogens is 1. The maximum absolute atomic E-state index is 6.19. The van der Waals surface area contributed by atoms with Crippen LogP contribution in [0.4, 0.5) is 0 Å². The van der Waals surface area contributed by atoms with E-state index < -0.39 is 0 Å². The number of nitrogens with zero attached hydrogens (tertiary/aromatic N) is 2. The molecule has 1 atom stereocenters. The van der Waals surface area contributed by atoms with Crippen LogP contribution >= 0.6 is 11.6 Å². The van der Waals surface area contributed by atoms with Crippen molar-refractivity contribution in [1.82, 2.24) is 15.2 Å². The van der Waals surface area contributed by atoms with Gasteiger partial charge in [-0.1, -0.05) is 54.1 Å². The van der Waals surface area contributed by atoms with Gasteiger partial charge in [0.25, 0.3) is 0 Å². The number of rotatable bonds is 4. The van der Waals surface area contributed by atoms with Crippen molar-refractivity contribution in [3.05, 3.63) is 71.0 Å². The molecule has 1 aromatic heterocycles. The Morgan fingerprint density at radius 2 is 1.76 bits per heavy atom. The largest absolute Gasteiger partial charge is 0.321 e. The number of benzene rings is 2. The average molecular weight is 299 g/mol. The summed E-state index contributed by atoms with van der Waals surface area (Å²) in [7, 11) is 0. The molecule has 0 radical (unpaired) electrons. The normalized spacial score (nSPS) is 12.3. The third kappa shape index (κ3) is 3.12. The highest BCUT2D eigenvalue weighted by molar-refractivity contribution is 6.33. The summed E-state index contributed by atoms with van der Waals surface area (Å²) in [5.74, 6) is 1.23. The van der Waals surface area contributed by atoms with Crippen LogP contribution in [0.25, 0.3) is 11.4 Å². The number of hydrogen-bond acceptors (Lipinski definition) is 3. The summed E-state index contributed by atoms with van der Waals surface area (Å²) in [4.78, 5) is 4.46. The van der Waals surface area contributed by atoms with Crippen LogP contribution in [0.5, 0.6) is 0 Å². The zero-order valence-electron chi connectivity index (χ0n) is 11.3. The first-order valence-electron chi connectivity index (χ1n) is 6.71. The summed E-state index contributed by atoms with van der Waals surface area (Å²) in [6.45, 7) is 0. The monoisotopic (exact) mass is 298 g/mol. The lowest BCUT2D eigenvalue weighted by Gasteiger charge is -2.07. The van der Waals surface area contributed by atoms with E-state index in [0.717, 1.165) is 5.56 Å². The highest BCUT2D eigenvalue weighted by Gasteiger charge is 2.14. The predicted molar refractivity (Wildman–Crippen MR) is 83.9 cm³/mol. The minimum Gasteiger partial charge on any atom is -0.321 e. The second kappa shape index (κ2) is 6.08. The topological polar surface area (TPSA) is 67.6 Å². The standard InChI is InChI=1S/C16H15ClN4/c17-13-9-5-4-8-12(13)15-19-16(21-20-15)14(18)10-11-6-2-1-3-7-11/h1-9,14H,10,18H2,(H,19,20,21). The molecular weight excluding hydrogens is 284 g/mol. The second-order valence-electron chi connectivity index (χ2n) is 4.82. The van der Waals surface area contributed by atoms with Crippen LogP contribution in [0.15, 0.2) is 54.6 Å². The van der Waals surface area contributed by atoms with Gasteiger partial charge in [-0.15, -0.1) is 0 Å². The molecule has 0 bridgehead atoms. The van der Waals surface area contributed by atoms with Crippen LogP contribution in [0.3, 0.4) is 0 Å². The summed E-state index contributed by atoms with van der Waals surface area (Å²) >= 11 is 6.15. The van der Waals surface area contributed by atoms with E-state index in [-0.39, 0.29) is 6.04 Å². The molecular formula is C16H15ClN4. The molecule has 0 spiro atoms. The van der Waals surface area contributed by atoms with Gasteiger partial charge < -0.3 is 5.73 Å². The molecule has 106 valence electrons. The molecule has 4 nitrogen and oxygen atoms in total. The molecule has 5 heteroatoms. The Morgan fingerprint density at radius 3 is 2.52 bits per heavy atom. The van der Waals surface area contributed by atoms with Crippen molar-refractivity contribution in [3.8, 4) is 11.4 Å². The first kappa shape index (κ1) is 13.8. The number of aromatic amines is 1. The SMILES string of the molecule is NC(Cc1ccccc1)c1nc(-c2ccccc2Cl)n[nH]1. The fraction of sp³-hybridized carbons (Fsp3) is 0.125. The van der Waals surface area contributed by atoms with Crippen LogP contribution in [0.2, 0.25) is 5.02 Å². The number of hydrogen-bond donors (Lipinski definition) is 2. The van der Waals surface area contributed by atoms with E-state index in [0.29, 0.717) is 23.1 Å². The van der Waals surface area contributed by atoms with Crippen molar-refractivity contribution in [2.24, 2.45) is 5.73 Å². The van der Waals surface area contributed by atoms with Gasteiger partial charge in [-0.3, -0.25) is 5.10 Å². The minimum atomic E-state index is -0.226. The molecule has 0 aliphatic carbocycles. The van der Waals surface area contributed by atoms with Crippen molar-refractivity contribution >= 4 is 11.6 Å². The van der Waals surface area contributed by atoms with Gasteiger partial charge in [-0.05, 0) is 24.1 Å². The van der Waals surface area contributed by atoms with Crippen LogP contribution in [-0.2, 0) is 6.42 Å². The molecule has 1 unspecified atom stereocenters. The van der Waals surface area contributed by atoms with Crippen molar-refractivity contribution in [1.29, 1.82) is 0 Å². The summed E-state index contributed by atoms with van der Waals surface area (Å²) in [5.41, 5.74) is 8.16. The number of aromatic nitrogens is 3. The molecule has 0 aliphatic heterocycles. The van der Waals surface area contributed by atoms with E-state index in [1.54, 1.807) is 0 Å². The number of H-pyrrole nitrogens is 1. The lowest BCUT2D eigenvalue weighted by Crippen LogP contribution is -2.15. The van der Waals surface area contributed by atoms with E-state index in [9.17, 15) is 0 Å². The Morgan fingerprint density at radius 1 is 1.05 bits per heavy atom. The van der Waals surface area contributed by atoms with Gasteiger partial charge in [0.1, 0.15) is 5.82 Å². The van der Waals surface area contributed by atoms with Gasteiger partial charge in [0.15, 0.2) is 5.82 Å². The number of nitrogens with one attached hydrogen (secondary N) is 1. The van der Waals surface area contributed by atoms with Gasteiger partial charge in [-0.2, -0.15) is 5.10 Å². The van der Waals surface area contributed by atoms with Gasteiger partial charge >= 0.3 is 0 Å². The molecule has 1 heterocycles. The number of nitrogens with two attached hydrogens (primary N) is 1. The lowest BCUT2D eigenvalue weighted by molar-refractivity contribution is 0.671. The predicted octanol–water partition coefficient (Wildman–Crippen LogP) is 3.37. The summed E-state index contributed by atoms with van der Waals surface area (Å²) < 4.78 is 0. The van der Waals surface area contributed by atoms with E-state index in [1.807, 2.05) is 54.6 Å². The summed E-state index contributed by atoms with van der Waals surface area (Å²) in [5, 5.41) is 7.74. The third-order valence-corrected chi connectivity index (χ3v) is 3.60. The molecule has 0 aliphatic rings. The van der Waals surface area contributed by atoms with E-state index >= 15 is 0 Å². The first-order chi connectivity index (χ1) is 10.2. The minimum absolute atomic E-state index is 0.226. The fourth-order valence-corrected chi connectivity index (χ4v) is 2.39. The average Bonchev–Trinajstić information content (AvgIpc) is 2.98. The van der Waals surface area contributed by atoms with Gasteiger partial charge in [0.2, 0.25) is 0 Å². The van der Waals surface area contributed by atoms with Crippen molar-refractivity contribution in [2.45, 2.75) is 12.5 Å². The zero-order valence-corrected chi connectivity index (χ0v) is 12.1. The lowest BCUT2D eigenvalue weighted by atomic mass is 10.1. The van der Waals surface area contributed by atoms with Gasteiger partial charge in [0, 0.05) is 5.56 Å². The molecule has 0 amide bonds. The Bertz CT molecular complexity index is 724. The second-order valence-corrected chi connectivity index (χ2v) is 5.23. The Hall–Kier alpha value is -2.17. The third-order valence-electron chi connectivity index (χ3n) is 3.27. The van der Waals surface area contributed by atoms with E-state index in [2.05, 4.69) is 15.2 Å². The fourth-order valence-electron chi connectivity index (χ4n) is 2.17. The van der Waals surface area contributed by atoms with E-state index in [4.69, 9.17) is 17.3 Å². The van der Waals surface area contributed by atoms with Crippen LogP contribution in [0.1, 0.15) is 17.4 Å². The molecule has 0 saturated carbocycles.